The van der Waals surface area contributed by atoms with Crippen molar-refractivity contribution in [2.24, 2.45) is 0 Å². The lowest BCUT2D eigenvalue weighted by atomic mass is 10.1. The second-order valence-electron chi connectivity index (χ2n) is 7.75. The Morgan fingerprint density at radius 2 is 1.76 bits per heavy atom. The van der Waals surface area contributed by atoms with E-state index in [4.69, 9.17) is 21.1 Å². The summed E-state index contributed by atoms with van der Waals surface area (Å²) >= 11 is 6.26. The minimum Gasteiger partial charge on any atom is -0.493 e. The van der Waals surface area contributed by atoms with Crippen molar-refractivity contribution in [1.82, 2.24) is 9.80 Å². The molecule has 0 aliphatic heterocycles. The van der Waals surface area contributed by atoms with E-state index in [0.717, 1.165) is 29.2 Å². The van der Waals surface area contributed by atoms with Gasteiger partial charge >= 0.3 is 0 Å². The molecule has 0 spiro atoms. The lowest BCUT2D eigenvalue weighted by molar-refractivity contribution is 0.0668. The van der Waals surface area contributed by atoms with Gasteiger partial charge in [0.05, 0.1) is 7.11 Å². The van der Waals surface area contributed by atoms with Gasteiger partial charge in [0.15, 0.2) is 11.5 Å². The van der Waals surface area contributed by atoms with Gasteiger partial charge in [0.1, 0.15) is 12.7 Å². The molecule has 0 bridgehead atoms. The molecule has 0 radical (unpaired) electrons. The van der Waals surface area contributed by atoms with Gasteiger partial charge in [-0.15, -0.1) is 0 Å². The maximum atomic E-state index is 10.2. The van der Waals surface area contributed by atoms with Crippen LogP contribution in [-0.2, 0) is 13.1 Å². The van der Waals surface area contributed by atoms with Crippen molar-refractivity contribution in [1.29, 1.82) is 0 Å². The topological polar surface area (TPSA) is 45.2 Å². The van der Waals surface area contributed by atoms with Gasteiger partial charge in [-0.3, -0.25) is 4.90 Å². The highest BCUT2D eigenvalue weighted by atomic mass is 35.5. The van der Waals surface area contributed by atoms with Gasteiger partial charge in [0.2, 0.25) is 0 Å². The third-order valence-corrected chi connectivity index (χ3v) is 5.26. The van der Waals surface area contributed by atoms with Crippen LogP contribution in [0.3, 0.4) is 0 Å². The summed E-state index contributed by atoms with van der Waals surface area (Å²) in [6.07, 6.45) is -0.562. The van der Waals surface area contributed by atoms with Crippen molar-refractivity contribution in [2.75, 3.05) is 34.4 Å². The number of aliphatic hydroxyl groups excluding tert-OH is 1. The molecule has 2 aromatic carbocycles. The van der Waals surface area contributed by atoms with Gasteiger partial charge in [0.25, 0.3) is 0 Å². The van der Waals surface area contributed by atoms with E-state index >= 15 is 0 Å². The molecule has 0 heterocycles. The van der Waals surface area contributed by atoms with Crippen molar-refractivity contribution in [3.63, 3.8) is 0 Å². The molecule has 0 aliphatic carbocycles. The average Bonchev–Trinajstić information content (AvgIpc) is 2.68. The largest absolute Gasteiger partial charge is 0.493 e. The Morgan fingerprint density at radius 3 is 2.41 bits per heavy atom. The maximum Gasteiger partial charge on any atom is 0.161 e. The Kier molecular flexibility index (Phi) is 9.24. The summed E-state index contributed by atoms with van der Waals surface area (Å²) in [6, 6.07) is 14.2. The van der Waals surface area contributed by atoms with Crippen LogP contribution < -0.4 is 9.47 Å². The summed E-state index contributed by atoms with van der Waals surface area (Å²) in [7, 11) is 5.67. The number of nitrogens with zero attached hydrogens (tertiary/aromatic N) is 2. The first-order valence-electron chi connectivity index (χ1n) is 9.90. The quantitative estimate of drug-likeness (QED) is 0.594. The molecule has 6 heteroatoms. The molecule has 2 rings (SSSR count). The van der Waals surface area contributed by atoms with Crippen LogP contribution in [0.25, 0.3) is 0 Å². The van der Waals surface area contributed by atoms with Gasteiger partial charge in [-0.05, 0) is 57.3 Å². The van der Waals surface area contributed by atoms with Crippen LogP contribution in [0.2, 0.25) is 5.02 Å². The van der Waals surface area contributed by atoms with E-state index in [2.05, 4.69) is 30.7 Å². The fourth-order valence-electron chi connectivity index (χ4n) is 3.00. The molecular weight excluding hydrogens is 388 g/mol. The highest BCUT2D eigenvalue weighted by molar-refractivity contribution is 6.31. The summed E-state index contributed by atoms with van der Waals surface area (Å²) in [5, 5.41) is 11.0. The van der Waals surface area contributed by atoms with Gasteiger partial charge < -0.3 is 19.5 Å². The Balaban J connectivity index is 1.94. The Hall–Kier alpha value is -1.79. The summed E-state index contributed by atoms with van der Waals surface area (Å²) in [6.45, 7) is 6.49. The molecule has 0 saturated heterocycles. The van der Waals surface area contributed by atoms with Crippen molar-refractivity contribution in [2.45, 2.75) is 39.1 Å². The summed E-state index contributed by atoms with van der Waals surface area (Å²) in [5.41, 5.74) is 2.22. The maximum absolute atomic E-state index is 10.2. The molecule has 29 heavy (non-hydrogen) atoms. The van der Waals surface area contributed by atoms with Crippen LogP contribution in [0.4, 0.5) is 0 Å². The van der Waals surface area contributed by atoms with Crippen LogP contribution in [0, 0.1) is 0 Å². The third kappa shape index (κ3) is 7.52. The standard InChI is InChI=1S/C23H33ClN2O3/c1-17(2)26(4)15-20(27)16-29-22-11-10-18(12-23(22)28-5)13-25(3)14-19-8-6-7-9-21(19)24/h6-12,17,20,27H,13-16H2,1-5H3. The summed E-state index contributed by atoms with van der Waals surface area (Å²) in [5.74, 6) is 1.30. The lowest BCUT2D eigenvalue weighted by Gasteiger charge is -2.24. The minimum absolute atomic E-state index is 0.221. The molecule has 0 amide bonds. The number of ether oxygens (including phenoxy) is 2. The zero-order chi connectivity index (χ0) is 21.4. The molecular formula is C23H33ClN2O3. The Labute approximate surface area is 179 Å². The summed E-state index contributed by atoms with van der Waals surface area (Å²) in [4.78, 5) is 4.28. The highest BCUT2D eigenvalue weighted by Gasteiger charge is 2.14. The first-order valence-corrected chi connectivity index (χ1v) is 10.3. The summed E-state index contributed by atoms with van der Waals surface area (Å²) < 4.78 is 11.3. The molecule has 1 atom stereocenters. The molecule has 160 valence electrons. The number of methoxy groups -OCH3 is 1. The van der Waals surface area contributed by atoms with E-state index in [0.29, 0.717) is 24.1 Å². The number of hydrogen-bond donors (Lipinski definition) is 1. The van der Waals surface area contributed by atoms with Crippen molar-refractivity contribution >= 4 is 11.6 Å². The molecule has 0 aliphatic rings. The number of benzene rings is 2. The number of likely N-dealkylation sites (N-methyl/N-ethyl adjacent to an activating group) is 1. The van der Waals surface area contributed by atoms with Gasteiger partial charge in [-0.25, -0.2) is 0 Å². The van der Waals surface area contributed by atoms with E-state index in [9.17, 15) is 5.11 Å². The fourth-order valence-corrected chi connectivity index (χ4v) is 3.19. The van der Waals surface area contributed by atoms with Crippen molar-refractivity contribution < 1.29 is 14.6 Å². The monoisotopic (exact) mass is 420 g/mol. The van der Waals surface area contributed by atoms with Gasteiger partial charge in [-0.1, -0.05) is 35.9 Å². The molecule has 2 aromatic rings. The lowest BCUT2D eigenvalue weighted by Crippen LogP contribution is -2.36. The molecule has 5 nitrogen and oxygen atoms in total. The van der Waals surface area contributed by atoms with Crippen LogP contribution in [0.15, 0.2) is 42.5 Å². The fraction of sp³-hybridized carbons (Fsp3) is 0.478. The normalized spacial score (nSPS) is 12.6. The van der Waals surface area contributed by atoms with Gasteiger partial charge in [-0.2, -0.15) is 0 Å². The van der Waals surface area contributed by atoms with Crippen molar-refractivity contribution in [3.05, 3.63) is 58.6 Å². The van der Waals surface area contributed by atoms with E-state index < -0.39 is 6.10 Å². The number of hydrogen-bond acceptors (Lipinski definition) is 5. The molecule has 0 fully saturated rings. The number of aliphatic hydroxyl groups is 1. The molecule has 0 aromatic heterocycles. The average molecular weight is 421 g/mol. The molecule has 0 saturated carbocycles. The highest BCUT2D eigenvalue weighted by Crippen LogP contribution is 2.29. The number of rotatable bonds is 11. The zero-order valence-corrected chi connectivity index (χ0v) is 18.8. The van der Waals surface area contributed by atoms with E-state index in [-0.39, 0.29) is 6.61 Å². The predicted octanol–water partition coefficient (Wildman–Crippen LogP) is 4.06. The molecule has 1 N–H and O–H groups in total. The second-order valence-corrected chi connectivity index (χ2v) is 8.15. The third-order valence-electron chi connectivity index (χ3n) is 4.89. The van der Waals surface area contributed by atoms with Crippen LogP contribution >= 0.6 is 11.6 Å². The zero-order valence-electron chi connectivity index (χ0n) is 18.1. The Bertz CT molecular complexity index is 770. The smallest absolute Gasteiger partial charge is 0.161 e. The first-order chi connectivity index (χ1) is 13.8. The van der Waals surface area contributed by atoms with Crippen LogP contribution in [0.5, 0.6) is 11.5 Å². The van der Waals surface area contributed by atoms with E-state index in [1.54, 1.807) is 7.11 Å². The second kappa shape index (κ2) is 11.4. The van der Waals surface area contributed by atoms with E-state index in [1.807, 2.05) is 49.5 Å². The SMILES string of the molecule is COc1cc(CN(C)Cc2ccccc2Cl)ccc1OCC(O)CN(C)C(C)C. The van der Waals surface area contributed by atoms with Crippen LogP contribution in [0.1, 0.15) is 25.0 Å². The van der Waals surface area contributed by atoms with Crippen LogP contribution in [-0.4, -0.2) is 61.4 Å². The van der Waals surface area contributed by atoms with E-state index in [1.165, 1.54) is 0 Å². The predicted molar refractivity (Wildman–Crippen MR) is 119 cm³/mol. The molecule has 1 unspecified atom stereocenters. The first kappa shape index (κ1) is 23.5. The van der Waals surface area contributed by atoms with Gasteiger partial charge in [0, 0.05) is 30.7 Å². The Morgan fingerprint density at radius 1 is 1.03 bits per heavy atom. The minimum atomic E-state index is -0.562. The van der Waals surface area contributed by atoms with Crippen molar-refractivity contribution in [3.8, 4) is 11.5 Å². The number of halogens is 1.